The van der Waals surface area contributed by atoms with Gasteiger partial charge < -0.3 is 15.0 Å². The van der Waals surface area contributed by atoms with Gasteiger partial charge in [-0.2, -0.15) is 5.10 Å². The summed E-state index contributed by atoms with van der Waals surface area (Å²) in [5, 5.41) is 9.67. The number of rotatable bonds is 4. The van der Waals surface area contributed by atoms with E-state index < -0.39 is 0 Å². The van der Waals surface area contributed by atoms with E-state index >= 15 is 0 Å². The van der Waals surface area contributed by atoms with Gasteiger partial charge >= 0.3 is 0 Å². The van der Waals surface area contributed by atoms with Gasteiger partial charge in [-0.05, 0) is 37.6 Å². The molecule has 1 aromatic heterocycles. The molecule has 0 bridgehead atoms. The lowest BCUT2D eigenvalue weighted by atomic mass is 10.2. The number of nitrogens with one attached hydrogen (secondary N) is 2. The second kappa shape index (κ2) is 6.24. The zero-order chi connectivity index (χ0) is 16.5. The number of benzene rings is 1. The Morgan fingerprint density at radius 2 is 2.21 bits per heavy atom. The van der Waals surface area contributed by atoms with E-state index in [1.807, 2.05) is 12.1 Å². The number of carbonyl (C=O) groups is 1. The number of hydrogen-bond acceptors (Lipinski definition) is 5. The van der Waals surface area contributed by atoms with Crippen LogP contribution < -0.4 is 10.2 Å². The molecule has 1 aromatic carbocycles. The standard InChI is InChI=1S/C17H21N5O2/c1-11-9-24-7-6-22(11)13-4-2-12(3-5-13)20-17(23)15-8-14(15)16-18-10-19-21-16/h2-5,10-11,14-15H,6-9H2,1H3,(H,20,23)(H,18,19,21)/t11-,14-,15-/m1/s1. The summed E-state index contributed by atoms with van der Waals surface area (Å²) in [6.07, 6.45) is 2.30. The molecule has 4 rings (SSSR count). The third-order valence-corrected chi connectivity index (χ3v) is 4.75. The molecule has 7 nitrogen and oxygen atoms in total. The first kappa shape index (κ1) is 15.1. The van der Waals surface area contributed by atoms with Crippen molar-refractivity contribution in [2.24, 2.45) is 5.92 Å². The fourth-order valence-electron chi connectivity index (χ4n) is 3.26. The Labute approximate surface area is 140 Å². The molecule has 24 heavy (non-hydrogen) atoms. The molecule has 2 aromatic rings. The Bertz CT molecular complexity index is 700. The lowest BCUT2D eigenvalue weighted by Gasteiger charge is -2.35. The van der Waals surface area contributed by atoms with Crippen LogP contribution >= 0.6 is 0 Å². The molecule has 2 aliphatic rings. The Hall–Kier alpha value is -2.41. The number of H-pyrrole nitrogens is 1. The smallest absolute Gasteiger partial charge is 0.228 e. The quantitative estimate of drug-likeness (QED) is 0.894. The lowest BCUT2D eigenvalue weighted by Crippen LogP contribution is -2.43. The van der Waals surface area contributed by atoms with Crippen molar-refractivity contribution in [2.45, 2.75) is 25.3 Å². The molecule has 126 valence electrons. The van der Waals surface area contributed by atoms with Gasteiger partial charge in [0.25, 0.3) is 0 Å². The van der Waals surface area contributed by atoms with Crippen LogP contribution in [0.25, 0.3) is 0 Å². The molecule has 2 fully saturated rings. The van der Waals surface area contributed by atoms with Gasteiger partial charge in [-0.25, -0.2) is 4.98 Å². The number of hydrogen-bond donors (Lipinski definition) is 2. The van der Waals surface area contributed by atoms with Crippen LogP contribution in [0.2, 0.25) is 0 Å². The largest absolute Gasteiger partial charge is 0.377 e. The molecule has 2 N–H and O–H groups in total. The Morgan fingerprint density at radius 3 is 2.92 bits per heavy atom. The summed E-state index contributed by atoms with van der Waals surface area (Å²) in [4.78, 5) is 18.8. The number of amides is 1. The molecule has 1 aliphatic carbocycles. The molecule has 1 saturated heterocycles. The molecule has 0 unspecified atom stereocenters. The van der Waals surface area contributed by atoms with E-state index in [1.54, 1.807) is 0 Å². The topological polar surface area (TPSA) is 83.1 Å². The first-order chi connectivity index (χ1) is 11.7. The van der Waals surface area contributed by atoms with Crippen LogP contribution in [0, 0.1) is 5.92 Å². The van der Waals surface area contributed by atoms with Gasteiger partial charge in [0, 0.05) is 35.8 Å². The van der Waals surface area contributed by atoms with E-state index in [-0.39, 0.29) is 17.7 Å². The fourth-order valence-corrected chi connectivity index (χ4v) is 3.26. The molecule has 2 heterocycles. The molecule has 0 radical (unpaired) electrons. The maximum absolute atomic E-state index is 12.3. The van der Waals surface area contributed by atoms with E-state index in [0.29, 0.717) is 6.04 Å². The second-order valence-electron chi connectivity index (χ2n) is 6.47. The fraction of sp³-hybridized carbons (Fsp3) is 0.471. The highest BCUT2D eigenvalue weighted by molar-refractivity contribution is 5.95. The molecule has 7 heteroatoms. The highest BCUT2D eigenvalue weighted by Crippen LogP contribution is 2.46. The van der Waals surface area contributed by atoms with E-state index in [2.05, 4.69) is 44.5 Å². The number of anilines is 2. The van der Waals surface area contributed by atoms with Crippen molar-refractivity contribution in [2.75, 3.05) is 30.0 Å². The van der Waals surface area contributed by atoms with E-state index in [0.717, 1.165) is 43.4 Å². The molecule has 1 saturated carbocycles. The zero-order valence-electron chi connectivity index (χ0n) is 13.6. The highest BCUT2D eigenvalue weighted by Gasteiger charge is 2.45. The average Bonchev–Trinajstić information content (AvgIpc) is 3.22. The Morgan fingerprint density at radius 1 is 1.38 bits per heavy atom. The van der Waals surface area contributed by atoms with Crippen LogP contribution in [0.15, 0.2) is 30.6 Å². The van der Waals surface area contributed by atoms with Gasteiger partial charge in [-0.1, -0.05) is 0 Å². The van der Waals surface area contributed by atoms with Gasteiger partial charge in [0.15, 0.2) is 0 Å². The molecule has 1 amide bonds. The minimum atomic E-state index is -0.0168. The van der Waals surface area contributed by atoms with Crippen molar-refractivity contribution in [1.29, 1.82) is 0 Å². The van der Waals surface area contributed by atoms with Crippen molar-refractivity contribution < 1.29 is 9.53 Å². The summed E-state index contributed by atoms with van der Waals surface area (Å²) < 4.78 is 5.47. The minimum absolute atomic E-state index is 0.0168. The van der Waals surface area contributed by atoms with E-state index in [4.69, 9.17) is 4.74 Å². The van der Waals surface area contributed by atoms with Gasteiger partial charge in [0.05, 0.1) is 13.2 Å². The van der Waals surface area contributed by atoms with Crippen LogP contribution in [0.3, 0.4) is 0 Å². The van der Waals surface area contributed by atoms with Gasteiger partial charge in [-0.15, -0.1) is 0 Å². The van der Waals surface area contributed by atoms with E-state index in [1.165, 1.54) is 6.33 Å². The van der Waals surface area contributed by atoms with Crippen LogP contribution in [0.4, 0.5) is 11.4 Å². The molecule has 3 atom stereocenters. The number of aromatic amines is 1. The second-order valence-corrected chi connectivity index (χ2v) is 6.47. The average molecular weight is 327 g/mol. The molecule has 1 aliphatic heterocycles. The highest BCUT2D eigenvalue weighted by atomic mass is 16.5. The van der Waals surface area contributed by atoms with Crippen LogP contribution in [0.5, 0.6) is 0 Å². The maximum atomic E-state index is 12.3. The summed E-state index contributed by atoms with van der Waals surface area (Å²) in [6.45, 7) is 4.57. The number of nitrogens with zero attached hydrogens (tertiary/aromatic N) is 3. The van der Waals surface area contributed by atoms with E-state index in [9.17, 15) is 4.79 Å². The number of ether oxygens (including phenoxy) is 1. The number of carbonyl (C=O) groups excluding carboxylic acids is 1. The van der Waals surface area contributed by atoms with Crippen molar-refractivity contribution in [3.63, 3.8) is 0 Å². The minimum Gasteiger partial charge on any atom is -0.377 e. The van der Waals surface area contributed by atoms with Crippen LogP contribution in [-0.2, 0) is 9.53 Å². The summed E-state index contributed by atoms with van der Waals surface area (Å²) in [6, 6.07) is 8.40. The summed E-state index contributed by atoms with van der Waals surface area (Å²) >= 11 is 0. The third kappa shape index (κ3) is 2.99. The first-order valence-electron chi connectivity index (χ1n) is 8.33. The maximum Gasteiger partial charge on any atom is 0.228 e. The van der Waals surface area contributed by atoms with Gasteiger partial charge in [0.2, 0.25) is 5.91 Å². The molecular weight excluding hydrogens is 306 g/mol. The SMILES string of the molecule is C[C@@H]1COCCN1c1ccc(NC(=O)[C@@H]2C[C@H]2c2ncn[nH]2)cc1. The van der Waals surface area contributed by atoms with Crippen molar-refractivity contribution in [3.8, 4) is 0 Å². The predicted molar refractivity (Wildman–Crippen MR) is 89.9 cm³/mol. The first-order valence-corrected chi connectivity index (χ1v) is 8.33. The zero-order valence-corrected chi connectivity index (χ0v) is 13.6. The van der Waals surface area contributed by atoms with Crippen molar-refractivity contribution in [3.05, 3.63) is 36.4 Å². The molecule has 0 spiro atoms. The Kier molecular flexibility index (Phi) is 3.93. The lowest BCUT2D eigenvalue weighted by molar-refractivity contribution is -0.117. The molecular formula is C17H21N5O2. The number of morpholine rings is 1. The normalized spacial score (nSPS) is 26.2. The van der Waals surface area contributed by atoms with Gasteiger partial charge in [-0.3, -0.25) is 9.89 Å². The summed E-state index contributed by atoms with van der Waals surface area (Å²) in [5.41, 5.74) is 1.99. The summed E-state index contributed by atoms with van der Waals surface area (Å²) in [5.74, 6) is 0.994. The van der Waals surface area contributed by atoms with Gasteiger partial charge in [0.1, 0.15) is 12.2 Å². The Balaban J connectivity index is 1.36. The van der Waals surface area contributed by atoms with Crippen molar-refractivity contribution in [1.82, 2.24) is 15.2 Å². The monoisotopic (exact) mass is 327 g/mol. The van der Waals surface area contributed by atoms with Crippen molar-refractivity contribution >= 4 is 17.3 Å². The summed E-state index contributed by atoms with van der Waals surface area (Å²) in [7, 11) is 0. The number of aromatic nitrogens is 3. The third-order valence-electron chi connectivity index (χ3n) is 4.75. The predicted octanol–water partition coefficient (Wildman–Crippen LogP) is 1.77. The van der Waals surface area contributed by atoms with Crippen LogP contribution in [0.1, 0.15) is 25.1 Å². The van der Waals surface area contributed by atoms with Crippen LogP contribution in [-0.4, -0.2) is 46.9 Å².